The fourth-order valence-corrected chi connectivity index (χ4v) is 4.94. The highest BCUT2D eigenvalue weighted by Crippen LogP contribution is 2.30. The molecule has 0 spiro atoms. The van der Waals surface area contributed by atoms with Crippen molar-refractivity contribution >= 4 is 17.3 Å². The van der Waals surface area contributed by atoms with E-state index in [1.807, 2.05) is 18.4 Å². The molecule has 0 unspecified atom stereocenters. The van der Waals surface area contributed by atoms with Crippen molar-refractivity contribution in [2.75, 3.05) is 53.4 Å². The standard InChI is InChI=1S/C20H35N5S/c1-21-19(22-11-8-18-7-6-16-26-18)23-17-20(9-14-24(2)15-10-20)25-12-4-3-5-13-25/h6-7,16H,3-5,8-15,17H2,1-2H3,(H2,21,22,23). The fourth-order valence-electron chi connectivity index (χ4n) is 4.24. The summed E-state index contributed by atoms with van der Waals surface area (Å²) >= 11 is 1.82. The SMILES string of the molecule is CN=C(NCCc1cccs1)NCC1(N2CCCCC2)CCN(C)CC1. The quantitative estimate of drug-likeness (QED) is 0.590. The molecule has 2 aliphatic rings. The van der Waals surface area contributed by atoms with Crippen LogP contribution < -0.4 is 10.6 Å². The van der Waals surface area contributed by atoms with Crippen LogP contribution in [0.2, 0.25) is 0 Å². The second-order valence-corrected chi connectivity index (χ2v) is 8.79. The molecule has 0 aromatic carbocycles. The second-order valence-electron chi connectivity index (χ2n) is 7.76. The maximum Gasteiger partial charge on any atom is 0.191 e. The lowest BCUT2D eigenvalue weighted by Crippen LogP contribution is -2.62. The van der Waals surface area contributed by atoms with Crippen molar-refractivity contribution in [2.45, 2.75) is 44.1 Å². The maximum atomic E-state index is 4.45. The van der Waals surface area contributed by atoms with E-state index in [1.165, 1.54) is 63.2 Å². The van der Waals surface area contributed by atoms with Crippen LogP contribution in [0.4, 0.5) is 0 Å². The molecule has 146 valence electrons. The monoisotopic (exact) mass is 377 g/mol. The highest BCUT2D eigenvalue weighted by molar-refractivity contribution is 7.09. The van der Waals surface area contributed by atoms with Gasteiger partial charge >= 0.3 is 0 Å². The van der Waals surface area contributed by atoms with Gasteiger partial charge in [0.1, 0.15) is 0 Å². The molecule has 2 fully saturated rings. The molecule has 0 atom stereocenters. The number of nitrogens with zero attached hydrogens (tertiary/aromatic N) is 3. The first-order valence-electron chi connectivity index (χ1n) is 10.1. The lowest BCUT2D eigenvalue weighted by atomic mass is 9.84. The van der Waals surface area contributed by atoms with Crippen LogP contribution in [0, 0.1) is 0 Å². The van der Waals surface area contributed by atoms with Gasteiger partial charge in [-0.3, -0.25) is 9.89 Å². The van der Waals surface area contributed by atoms with Crippen molar-refractivity contribution < 1.29 is 0 Å². The molecular weight excluding hydrogens is 342 g/mol. The molecule has 5 nitrogen and oxygen atoms in total. The zero-order valence-electron chi connectivity index (χ0n) is 16.5. The lowest BCUT2D eigenvalue weighted by molar-refractivity contribution is 0.0173. The number of piperidine rings is 2. The van der Waals surface area contributed by atoms with Crippen LogP contribution in [0.5, 0.6) is 0 Å². The van der Waals surface area contributed by atoms with Gasteiger partial charge in [-0.15, -0.1) is 11.3 Å². The third-order valence-electron chi connectivity index (χ3n) is 6.00. The molecule has 6 heteroatoms. The summed E-state index contributed by atoms with van der Waals surface area (Å²) < 4.78 is 0. The largest absolute Gasteiger partial charge is 0.356 e. The molecule has 3 heterocycles. The molecule has 2 N–H and O–H groups in total. The second kappa shape index (κ2) is 9.72. The van der Waals surface area contributed by atoms with Crippen molar-refractivity contribution in [3.8, 4) is 0 Å². The molecule has 0 bridgehead atoms. The zero-order valence-corrected chi connectivity index (χ0v) is 17.3. The minimum atomic E-state index is 0.290. The van der Waals surface area contributed by atoms with E-state index in [9.17, 15) is 0 Å². The Morgan fingerprint density at radius 3 is 2.58 bits per heavy atom. The minimum absolute atomic E-state index is 0.290. The summed E-state index contributed by atoms with van der Waals surface area (Å²) in [5.74, 6) is 0.942. The van der Waals surface area contributed by atoms with Crippen molar-refractivity contribution in [2.24, 2.45) is 4.99 Å². The summed E-state index contributed by atoms with van der Waals surface area (Å²) in [7, 11) is 4.13. The fraction of sp³-hybridized carbons (Fsp3) is 0.750. The van der Waals surface area contributed by atoms with Gasteiger partial charge in [-0.1, -0.05) is 12.5 Å². The van der Waals surface area contributed by atoms with Crippen LogP contribution in [-0.4, -0.2) is 74.7 Å². The molecular formula is C20H35N5S. The van der Waals surface area contributed by atoms with Gasteiger partial charge in [0.15, 0.2) is 5.96 Å². The predicted octanol–water partition coefficient (Wildman–Crippen LogP) is 2.41. The highest BCUT2D eigenvalue weighted by Gasteiger charge is 2.39. The lowest BCUT2D eigenvalue weighted by Gasteiger charge is -2.50. The molecule has 0 saturated carbocycles. The Bertz CT molecular complexity index is 543. The maximum absolute atomic E-state index is 4.45. The van der Waals surface area contributed by atoms with E-state index in [2.05, 4.69) is 50.0 Å². The third-order valence-corrected chi connectivity index (χ3v) is 6.93. The molecule has 2 aliphatic heterocycles. The topological polar surface area (TPSA) is 42.9 Å². The Hall–Kier alpha value is -1.11. The molecule has 26 heavy (non-hydrogen) atoms. The van der Waals surface area contributed by atoms with Gasteiger partial charge in [-0.05, 0) is 76.8 Å². The van der Waals surface area contributed by atoms with Gasteiger partial charge in [-0.2, -0.15) is 0 Å². The first-order chi connectivity index (χ1) is 12.7. The molecule has 1 aromatic rings. The number of hydrogen-bond donors (Lipinski definition) is 2. The number of guanidine groups is 1. The Morgan fingerprint density at radius 2 is 1.92 bits per heavy atom. The van der Waals surface area contributed by atoms with Crippen LogP contribution in [0.15, 0.2) is 22.5 Å². The number of aliphatic imine (C=N–C) groups is 1. The Kier molecular flexibility index (Phi) is 7.34. The first-order valence-corrected chi connectivity index (χ1v) is 11.0. The van der Waals surface area contributed by atoms with Gasteiger partial charge in [0.05, 0.1) is 0 Å². The average molecular weight is 378 g/mol. The van der Waals surface area contributed by atoms with Gasteiger partial charge in [-0.25, -0.2) is 0 Å². The molecule has 1 aromatic heterocycles. The Labute approximate surface area is 162 Å². The van der Waals surface area contributed by atoms with Crippen LogP contribution in [0.25, 0.3) is 0 Å². The summed E-state index contributed by atoms with van der Waals surface area (Å²) in [6.45, 7) is 6.84. The van der Waals surface area contributed by atoms with E-state index in [4.69, 9.17) is 0 Å². The predicted molar refractivity (Wildman–Crippen MR) is 112 cm³/mol. The summed E-state index contributed by atoms with van der Waals surface area (Å²) in [4.78, 5) is 11.1. The summed E-state index contributed by atoms with van der Waals surface area (Å²) in [5.41, 5.74) is 0.290. The summed E-state index contributed by atoms with van der Waals surface area (Å²) in [6.07, 6.45) is 7.66. The normalized spacial score (nSPS) is 22.3. The Balaban J connectivity index is 1.53. The van der Waals surface area contributed by atoms with E-state index in [1.54, 1.807) is 0 Å². The van der Waals surface area contributed by atoms with E-state index in [0.717, 1.165) is 25.5 Å². The van der Waals surface area contributed by atoms with Crippen molar-refractivity contribution in [1.82, 2.24) is 20.4 Å². The highest BCUT2D eigenvalue weighted by atomic mass is 32.1. The van der Waals surface area contributed by atoms with Gasteiger partial charge in [0.25, 0.3) is 0 Å². The van der Waals surface area contributed by atoms with Crippen LogP contribution >= 0.6 is 11.3 Å². The number of hydrogen-bond acceptors (Lipinski definition) is 4. The van der Waals surface area contributed by atoms with E-state index in [-0.39, 0.29) is 5.54 Å². The number of likely N-dealkylation sites (tertiary alicyclic amines) is 2. The number of rotatable bonds is 6. The Morgan fingerprint density at radius 1 is 1.15 bits per heavy atom. The summed E-state index contributed by atoms with van der Waals surface area (Å²) in [6, 6.07) is 4.32. The molecule has 0 amide bonds. The van der Waals surface area contributed by atoms with E-state index in [0.29, 0.717) is 0 Å². The van der Waals surface area contributed by atoms with Gasteiger partial charge in [0, 0.05) is 30.6 Å². The minimum Gasteiger partial charge on any atom is -0.356 e. The molecule has 3 rings (SSSR count). The van der Waals surface area contributed by atoms with Gasteiger partial charge in [0.2, 0.25) is 0 Å². The van der Waals surface area contributed by atoms with Crippen molar-refractivity contribution in [3.63, 3.8) is 0 Å². The number of thiophene rings is 1. The van der Waals surface area contributed by atoms with Crippen LogP contribution in [-0.2, 0) is 6.42 Å². The smallest absolute Gasteiger partial charge is 0.191 e. The van der Waals surface area contributed by atoms with Crippen molar-refractivity contribution in [3.05, 3.63) is 22.4 Å². The molecule has 2 saturated heterocycles. The van der Waals surface area contributed by atoms with Crippen LogP contribution in [0.1, 0.15) is 37.0 Å². The van der Waals surface area contributed by atoms with Crippen molar-refractivity contribution in [1.29, 1.82) is 0 Å². The van der Waals surface area contributed by atoms with E-state index >= 15 is 0 Å². The summed E-state index contributed by atoms with van der Waals surface area (Å²) in [5, 5.41) is 9.29. The third kappa shape index (κ3) is 5.21. The zero-order chi connectivity index (χ0) is 18.2. The molecule has 0 radical (unpaired) electrons. The van der Waals surface area contributed by atoms with E-state index < -0.39 is 0 Å². The van der Waals surface area contributed by atoms with Crippen LogP contribution in [0.3, 0.4) is 0 Å². The number of nitrogens with one attached hydrogen (secondary N) is 2. The molecule has 0 aliphatic carbocycles. The van der Waals surface area contributed by atoms with Gasteiger partial charge < -0.3 is 15.5 Å². The first kappa shape index (κ1) is 19.6. The average Bonchev–Trinajstić information content (AvgIpc) is 3.20.